The van der Waals surface area contributed by atoms with Crippen LogP contribution in [0.4, 0.5) is 0 Å². The van der Waals surface area contributed by atoms with Crippen LogP contribution in [-0.2, 0) is 4.79 Å². The van der Waals surface area contributed by atoms with Gasteiger partial charge in [0, 0.05) is 52.2 Å². The Hall–Kier alpha value is -1.65. The van der Waals surface area contributed by atoms with Crippen molar-refractivity contribution in [2.24, 2.45) is 0 Å². The maximum absolute atomic E-state index is 11.6. The number of amides is 1. The summed E-state index contributed by atoms with van der Waals surface area (Å²) in [5.41, 5.74) is 1.25. The molecule has 126 valence electrons. The maximum Gasteiger partial charge on any atom is 0.221 e. The average molecular weight is 315 g/mol. The SMILES string of the molecule is CCCNC(=O)CCN1CCN(C/C=C/c2ccccc2)CC1. The van der Waals surface area contributed by atoms with E-state index >= 15 is 0 Å². The summed E-state index contributed by atoms with van der Waals surface area (Å²) in [5, 5.41) is 2.94. The first kappa shape index (κ1) is 17.7. The van der Waals surface area contributed by atoms with Crippen LogP contribution >= 0.6 is 0 Å². The van der Waals surface area contributed by atoms with Gasteiger partial charge in [0.2, 0.25) is 5.91 Å². The predicted molar refractivity (Wildman–Crippen MR) is 96.3 cm³/mol. The fraction of sp³-hybridized carbons (Fsp3) is 0.526. The molecular weight excluding hydrogens is 286 g/mol. The Morgan fingerprint density at radius 3 is 2.52 bits per heavy atom. The van der Waals surface area contributed by atoms with Crippen LogP contribution in [0.25, 0.3) is 6.08 Å². The van der Waals surface area contributed by atoms with Crippen molar-refractivity contribution in [1.29, 1.82) is 0 Å². The lowest BCUT2D eigenvalue weighted by molar-refractivity contribution is -0.121. The number of hydrogen-bond acceptors (Lipinski definition) is 3. The molecule has 1 aliphatic heterocycles. The van der Waals surface area contributed by atoms with Crippen molar-refractivity contribution in [2.45, 2.75) is 19.8 Å². The number of hydrogen-bond donors (Lipinski definition) is 1. The third kappa shape index (κ3) is 6.97. The highest BCUT2D eigenvalue weighted by Gasteiger charge is 2.16. The number of rotatable bonds is 8. The fourth-order valence-electron chi connectivity index (χ4n) is 2.71. The second-order valence-corrected chi connectivity index (χ2v) is 6.06. The molecule has 1 aromatic rings. The molecule has 4 heteroatoms. The van der Waals surface area contributed by atoms with E-state index in [0.29, 0.717) is 6.42 Å². The lowest BCUT2D eigenvalue weighted by atomic mass is 10.2. The summed E-state index contributed by atoms with van der Waals surface area (Å²) in [6.07, 6.45) is 6.04. The first-order chi connectivity index (χ1) is 11.3. The van der Waals surface area contributed by atoms with Crippen molar-refractivity contribution in [3.63, 3.8) is 0 Å². The number of benzene rings is 1. The van der Waals surface area contributed by atoms with Crippen molar-refractivity contribution >= 4 is 12.0 Å². The van der Waals surface area contributed by atoms with Gasteiger partial charge in [-0.25, -0.2) is 0 Å². The van der Waals surface area contributed by atoms with Crippen molar-refractivity contribution in [1.82, 2.24) is 15.1 Å². The molecule has 0 spiro atoms. The van der Waals surface area contributed by atoms with E-state index < -0.39 is 0 Å². The summed E-state index contributed by atoms with van der Waals surface area (Å²) >= 11 is 0. The molecule has 2 rings (SSSR count). The van der Waals surface area contributed by atoms with Crippen LogP contribution in [0.3, 0.4) is 0 Å². The van der Waals surface area contributed by atoms with Crippen molar-refractivity contribution in [2.75, 3.05) is 45.8 Å². The van der Waals surface area contributed by atoms with Gasteiger partial charge in [0.05, 0.1) is 0 Å². The van der Waals surface area contributed by atoms with Gasteiger partial charge in [0.1, 0.15) is 0 Å². The van der Waals surface area contributed by atoms with E-state index in [1.54, 1.807) is 0 Å². The fourth-order valence-corrected chi connectivity index (χ4v) is 2.71. The molecule has 0 radical (unpaired) electrons. The van der Waals surface area contributed by atoms with Gasteiger partial charge < -0.3 is 10.2 Å². The van der Waals surface area contributed by atoms with E-state index in [9.17, 15) is 4.79 Å². The van der Waals surface area contributed by atoms with Gasteiger partial charge >= 0.3 is 0 Å². The second kappa shape index (κ2) is 10.2. The molecule has 1 saturated heterocycles. The van der Waals surface area contributed by atoms with E-state index in [2.05, 4.69) is 58.5 Å². The standard InChI is InChI=1S/C19H29N3O/c1-2-11-20-19(23)10-13-22-16-14-21(15-17-22)12-6-9-18-7-4-3-5-8-18/h3-9H,2,10-17H2,1H3,(H,20,23)/b9-6+. The van der Waals surface area contributed by atoms with Gasteiger partial charge in [-0.1, -0.05) is 49.4 Å². The van der Waals surface area contributed by atoms with Gasteiger partial charge in [-0.05, 0) is 12.0 Å². The maximum atomic E-state index is 11.6. The summed E-state index contributed by atoms with van der Waals surface area (Å²) in [7, 11) is 0. The highest BCUT2D eigenvalue weighted by atomic mass is 16.1. The molecule has 0 aliphatic carbocycles. The van der Waals surface area contributed by atoms with E-state index in [1.165, 1.54) is 5.56 Å². The molecule has 0 unspecified atom stereocenters. The lowest BCUT2D eigenvalue weighted by Gasteiger charge is -2.34. The van der Waals surface area contributed by atoms with Crippen LogP contribution in [0.5, 0.6) is 0 Å². The van der Waals surface area contributed by atoms with Gasteiger partial charge in [-0.2, -0.15) is 0 Å². The van der Waals surface area contributed by atoms with Crippen molar-refractivity contribution < 1.29 is 4.79 Å². The number of carbonyl (C=O) groups is 1. The summed E-state index contributed by atoms with van der Waals surface area (Å²) in [6, 6.07) is 10.4. The Labute approximate surface area is 140 Å². The normalized spacial score (nSPS) is 16.7. The van der Waals surface area contributed by atoms with Crippen molar-refractivity contribution in [3.8, 4) is 0 Å². The van der Waals surface area contributed by atoms with Crippen LogP contribution in [0.2, 0.25) is 0 Å². The molecule has 1 aliphatic rings. The zero-order valence-electron chi connectivity index (χ0n) is 14.2. The molecule has 0 aromatic heterocycles. The minimum absolute atomic E-state index is 0.181. The third-order valence-electron chi connectivity index (χ3n) is 4.17. The van der Waals surface area contributed by atoms with E-state index in [1.807, 2.05) is 6.07 Å². The van der Waals surface area contributed by atoms with Crippen LogP contribution in [0.1, 0.15) is 25.3 Å². The highest BCUT2D eigenvalue weighted by molar-refractivity contribution is 5.75. The summed E-state index contributed by atoms with van der Waals surface area (Å²) < 4.78 is 0. The predicted octanol–water partition coefficient (Wildman–Crippen LogP) is 2.23. The first-order valence-corrected chi connectivity index (χ1v) is 8.71. The minimum Gasteiger partial charge on any atom is -0.356 e. The number of carbonyl (C=O) groups excluding carboxylic acids is 1. The smallest absolute Gasteiger partial charge is 0.221 e. The molecule has 23 heavy (non-hydrogen) atoms. The quantitative estimate of drug-likeness (QED) is 0.799. The summed E-state index contributed by atoms with van der Waals surface area (Å²) in [6.45, 7) is 9.01. The molecule has 0 atom stereocenters. The summed E-state index contributed by atoms with van der Waals surface area (Å²) in [4.78, 5) is 16.5. The Bertz CT molecular complexity index is 479. The topological polar surface area (TPSA) is 35.6 Å². The largest absolute Gasteiger partial charge is 0.356 e. The molecule has 4 nitrogen and oxygen atoms in total. The van der Waals surface area contributed by atoms with Gasteiger partial charge in [0.15, 0.2) is 0 Å². The molecule has 1 heterocycles. The van der Waals surface area contributed by atoms with Crippen LogP contribution in [-0.4, -0.2) is 61.5 Å². The molecule has 0 bridgehead atoms. The second-order valence-electron chi connectivity index (χ2n) is 6.06. The van der Waals surface area contributed by atoms with E-state index in [-0.39, 0.29) is 5.91 Å². The lowest BCUT2D eigenvalue weighted by Crippen LogP contribution is -2.47. The number of piperazine rings is 1. The number of nitrogens with one attached hydrogen (secondary N) is 1. The van der Waals surface area contributed by atoms with Gasteiger partial charge in [-0.15, -0.1) is 0 Å². The van der Waals surface area contributed by atoms with Gasteiger partial charge in [0.25, 0.3) is 0 Å². The minimum atomic E-state index is 0.181. The zero-order chi connectivity index (χ0) is 16.3. The Balaban J connectivity index is 1.60. The highest BCUT2D eigenvalue weighted by Crippen LogP contribution is 2.05. The molecule has 0 saturated carbocycles. The third-order valence-corrected chi connectivity index (χ3v) is 4.17. The monoisotopic (exact) mass is 315 g/mol. The number of nitrogens with zero attached hydrogens (tertiary/aromatic N) is 2. The molecule has 1 fully saturated rings. The van der Waals surface area contributed by atoms with Crippen LogP contribution in [0, 0.1) is 0 Å². The van der Waals surface area contributed by atoms with Gasteiger partial charge in [-0.3, -0.25) is 9.69 Å². The molecule has 1 amide bonds. The van der Waals surface area contributed by atoms with Crippen LogP contribution < -0.4 is 5.32 Å². The molecule has 1 N–H and O–H groups in total. The molecular formula is C19H29N3O. The van der Waals surface area contributed by atoms with E-state index in [4.69, 9.17) is 0 Å². The summed E-state index contributed by atoms with van der Waals surface area (Å²) in [5.74, 6) is 0.181. The van der Waals surface area contributed by atoms with Crippen molar-refractivity contribution in [3.05, 3.63) is 42.0 Å². The zero-order valence-corrected chi connectivity index (χ0v) is 14.2. The van der Waals surface area contributed by atoms with E-state index in [0.717, 1.165) is 52.2 Å². The Morgan fingerprint density at radius 2 is 1.83 bits per heavy atom. The average Bonchev–Trinajstić information content (AvgIpc) is 2.60. The molecule has 1 aromatic carbocycles. The van der Waals surface area contributed by atoms with Crippen LogP contribution in [0.15, 0.2) is 36.4 Å². The Morgan fingerprint density at radius 1 is 1.13 bits per heavy atom. The first-order valence-electron chi connectivity index (χ1n) is 8.71. The Kier molecular flexibility index (Phi) is 7.84.